The van der Waals surface area contributed by atoms with Crippen molar-refractivity contribution in [3.05, 3.63) is 58.7 Å². The van der Waals surface area contributed by atoms with Crippen LogP contribution in [0.15, 0.2) is 53.1 Å². The van der Waals surface area contributed by atoms with Crippen molar-refractivity contribution in [3.8, 4) is 5.69 Å². The Morgan fingerprint density at radius 3 is 2.74 bits per heavy atom. The van der Waals surface area contributed by atoms with E-state index in [0.29, 0.717) is 0 Å². The molecule has 0 fully saturated rings. The second kappa shape index (κ2) is 4.79. The molecule has 3 rings (SSSR count). The van der Waals surface area contributed by atoms with Gasteiger partial charge in [0.25, 0.3) is 0 Å². The molecule has 1 N–H and O–H groups in total. The van der Waals surface area contributed by atoms with E-state index in [0.717, 1.165) is 26.6 Å². The van der Waals surface area contributed by atoms with Crippen LogP contribution in [0.2, 0.25) is 0 Å². The number of hydrogen-bond acceptors (Lipinski definition) is 2. The monoisotopic (exact) mass is 316 g/mol. The van der Waals surface area contributed by atoms with Crippen molar-refractivity contribution in [3.63, 3.8) is 0 Å². The van der Waals surface area contributed by atoms with Gasteiger partial charge in [-0.1, -0.05) is 40.2 Å². The average Bonchev–Trinajstić information content (AvgIpc) is 2.82. The number of aliphatic hydroxyl groups is 1. The molecule has 4 heteroatoms. The number of rotatable bonds is 2. The van der Waals surface area contributed by atoms with Crippen molar-refractivity contribution in [2.75, 3.05) is 0 Å². The van der Waals surface area contributed by atoms with Gasteiger partial charge in [-0.3, -0.25) is 0 Å². The predicted molar refractivity (Wildman–Crippen MR) is 79.4 cm³/mol. The lowest BCUT2D eigenvalue weighted by Crippen LogP contribution is -1.98. The lowest BCUT2D eigenvalue weighted by atomic mass is 10.1. The summed E-state index contributed by atoms with van der Waals surface area (Å²) in [5, 5.41) is 15.2. The van der Waals surface area contributed by atoms with E-state index in [-0.39, 0.29) is 0 Å². The maximum Gasteiger partial charge on any atom is 0.0772 e. The molecule has 1 heterocycles. The Balaban J connectivity index is 2.14. The standard InChI is InChI=1S/C15H13BrN2O/c1-10(19)13-7-6-12(8-14(13)16)18-15-5-3-2-4-11(15)9-17-18/h2-10,19H,1H3/t10-/m0/s1. The van der Waals surface area contributed by atoms with E-state index in [1.54, 1.807) is 6.92 Å². The predicted octanol–water partition coefficient (Wildman–Crippen LogP) is 3.84. The molecule has 0 spiro atoms. The topological polar surface area (TPSA) is 38.0 Å². The van der Waals surface area contributed by atoms with Crippen LogP contribution in [-0.2, 0) is 0 Å². The van der Waals surface area contributed by atoms with Gasteiger partial charge in [-0.2, -0.15) is 5.10 Å². The third kappa shape index (κ3) is 2.17. The Hall–Kier alpha value is -1.65. The molecule has 3 nitrogen and oxygen atoms in total. The number of aliphatic hydroxyl groups excluding tert-OH is 1. The number of fused-ring (bicyclic) bond motifs is 1. The minimum atomic E-state index is -0.488. The summed E-state index contributed by atoms with van der Waals surface area (Å²) < 4.78 is 2.78. The van der Waals surface area contributed by atoms with Gasteiger partial charge in [-0.25, -0.2) is 4.68 Å². The van der Waals surface area contributed by atoms with Gasteiger partial charge in [0.05, 0.1) is 23.5 Å². The van der Waals surface area contributed by atoms with Crippen molar-refractivity contribution in [2.24, 2.45) is 0 Å². The highest BCUT2D eigenvalue weighted by molar-refractivity contribution is 9.10. The fraction of sp³-hybridized carbons (Fsp3) is 0.133. The van der Waals surface area contributed by atoms with Gasteiger partial charge < -0.3 is 5.11 Å². The number of para-hydroxylation sites is 1. The first-order chi connectivity index (χ1) is 9.16. The van der Waals surface area contributed by atoms with Crippen LogP contribution in [0.25, 0.3) is 16.6 Å². The van der Waals surface area contributed by atoms with Crippen molar-refractivity contribution < 1.29 is 5.11 Å². The minimum absolute atomic E-state index is 0.488. The van der Waals surface area contributed by atoms with Gasteiger partial charge >= 0.3 is 0 Å². The van der Waals surface area contributed by atoms with Crippen LogP contribution in [0.5, 0.6) is 0 Å². The average molecular weight is 317 g/mol. The summed E-state index contributed by atoms with van der Waals surface area (Å²) in [5.74, 6) is 0. The first kappa shape index (κ1) is 12.4. The van der Waals surface area contributed by atoms with Crippen molar-refractivity contribution >= 4 is 26.8 Å². The highest BCUT2D eigenvalue weighted by Gasteiger charge is 2.09. The molecule has 0 bridgehead atoms. The van der Waals surface area contributed by atoms with Crippen LogP contribution in [0.4, 0.5) is 0 Å². The fourth-order valence-corrected chi connectivity index (χ4v) is 2.86. The molecular formula is C15H13BrN2O. The SMILES string of the molecule is C[C@H](O)c1ccc(-n2ncc3ccccc32)cc1Br. The van der Waals surface area contributed by atoms with Crippen LogP contribution < -0.4 is 0 Å². The van der Waals surface area contributed by atoms with Crippen LogP contribution in [-0.4, -0.2) is 14.9 Å². The maximum atomic E-state index is 9.65. The summed E-state index contributed by atoms with van der Waals surface area (Å²) in [6.07, 6.45) is 1.36. The molecule has 0 aliphatic rings. The van der Waals surface area contributed by atoms with Gasteiger partial charge in [-0.15, -0.1) is 0 Å². The lowest BCUT2D eigenvalue weighted by molar-refractivity contribution is 0.198. The van der Waals surface area contributed by atoms with Crippen molar-refractivity contribution in [1.29, 1.82) is 0 Å². The normalized spacial score (nSPS) is 12.8. The minimum Gasteiger partial charge on any atom is -0.389 e. The first-order valence-corrected chi connectivity index (χ1v) is 6.87. The third-order valence-electron chi connectivity index (χ3n) is 3.16. The molecule has 1 atom stereocenters. The summed E-state index contributed by atoms with van der Waals surface area (Å²) in [4.78, 5) is 0. The van der Waals surface area contributed by atoms with E-state index in [1.165, 1.54) is 0 Å². The zero-order valence-electron chi connectivity index (χ0n) is 10.4. The van der Waals surface area contributed by atoms with Crippen LogP contribution >= 0.6 is 15.9 Å². The van der Waals surface area contributed by atoms with Crippen LogP contribution in [0.3, 0.4) is 0 Å². The number of nitrogens with zero attached hydrogens (tertiary/aromatic N) is 2. The van der Waals surface area contributed by atoms with Gasteiger partial charge in [0.2, 0.25) is 0 Å². The highest BCUT2D eigenvalue weighted by atomic mass is 79.9. The molecule has 0 aliphatic carbocycles. The molecule has 0 saturated heterocycles. The molecule has 0 unspecified atom stereocenters. The van der Waals surface area contributed by atoms with Crippen molar-refractivity contribution in [1.82, 2.24) is 9.78 Å². The molecule has 0 aliphatic heterocycles. The second-order valence-electron chi connectivity index (χ2n) is 4.50. The number of benzene rings is 2. The van der Waals surface area contributed by atoms with E-state index in [2.05, 4.69) is 21.0 Å². The Morgan fingerprint density at radius 1 is 1.21 bits per heavy atom. The van der Waals surface area contributed by atoms with E-state index < -0.39 is 6.10 Å². The molecule has 96 valence electrons. The van der Waals surface area contributed by atoms with Crippen LogP contribution in [0.1, 0.15) is 18.6 Å². The van der Waals surface area contributed by atoms with Gasteiger partial charge in [0, 0.05) is 9.86 Å². The molecule has 19 heavy (non-hydrogen) atoms. The Morgan fingerprint density at radius 2 is 2.00 bits per heavy atom. The summed E-state index contributed by atoms with van der Waals surface area (Å²) >= 11 is 3.50. The van der Waals surface area contributed by atoms with E-state index in [1.807, 2.05) is 53.3 Å². The molecular weight excluding hydrogens is 304 g/mol. The molecule has 0 amide bonds. The summed E-state index contributed by atoms with van der Waals surface area (Å²) in [5.41, 5.74) is 2.91. The van der Waals surface area contributed by atoms with E-state index in [4.69, 9.17) is 0 Å². The Labute approximate surface area is 119 Å². The molecule has 2 aromatic carbocycles. The number of hydrogen-bond donors (Lipinski definition) is 1. The van der Waals surface area contributed by atoms with E-state index >= 15 is 0 Å². The van der Waals surface area contributed by atoms with Gasteiger partial charge in [-0.05, 0) is 30.7 Å². The quantitative estimate of drug-likeness (QED) is 0.780. The van der Waals surface area contributed by atoms with Crippen LogP contribution in [0, 0.1) is 0 Å². The molecule has 1 aromatic heterocycles. The zero-order valence-corrected chi connectivity index (χ0v) is 12.0. The first-order valence-electron chi connectivity index (χ1n) is 6.07. The third-order valence-corrected chi connectivity index (χ3v) is 3.84. The number of aromatic nitrogens is 2. The molecule has 3 aromatic rings. The molecule has 0 saturated carbocycles. The maximum absolute atomic E-state index is 9.65. The summed E-state index contributed by atoms with van der Waals surface area (Å²) in [6, 6.07) is 13.9. The van der Waals surface area contributed by atoms with Crippen molar-refractivity contribution in [2.45, 2.75) is 13.0 Å². The van der Waals surface area contributed by atoms with E-state index in [9.17, 15) is 5.11 Å². The largest absolute Gasteiger partial charge is 0.389 e. The fourth-order valence-electron chi connectivity index (χ4n) is 2.16. The lowest BCUT2D eigenvalue weighted by Gasteiger charge is -2.10. The Kier molecular flexibility index (Phi) is 3.12. The highest BCUT2D eigenvalue weighted by Crippen LogP contribution is 2.27. The summed E-state index contributed by atoms with van der Waals surface area (Å²) in [7, 11) is 0. The second-order valence-corrected chi connectivity index (χ2v) is 5.35. The zero-order chi connectivity index (χ0) is 13.4. The Bertz CT molecular complexity index is 734. The van der Waals surface area contributed by atoms with Gasteiger partial charge in [0.15, 0.2) is 0 Å². The molecule has 0 radical (unpaired) electrons. The smallest absolute Gasteiger partial charge is 0.0772 e. The van der Waals surface area contributed by atoms with Gasteiger partial charge in [0.1, 0.15) is 0 Å². The summed E-state index contributed by atoms with van der Waals surface area (Å²) in [6.45, 7) is 1.75. The number of halogens is 1.